The topological polar surface area (TPSA) is 56.1 Å². The Morgan fingerprint density at radius 3 is 2.78 bits per heavy atom. The minimum atomic E-state index is -0.843. The first-order valence-electron chi connectivity index (χ1n) is 5.31. The molecule has 4 nitrogen and oxygen atoms in total. The smallest absolute Gasteiger partial charge is 0.321 e. The highest BCUT2D eigenvalue weighted by atomic mass is 19.1. The van der Waals surface area contributed by atoms with Crippen LogP contribution in [0.15, 0.2) is 18.2 Å². The standard InChI is InChI=1S/C12H13F2N3O/c1-8(5-6-15)17(2)12(18)16-11-4-3-9(13)7-10(11)14/h3-4,7-8H,5H2,1-2H3,(H,16,18). The monoisotopic (exact) mass is 253 g/mol. The molecule has 1 atom stereocenters. The van der Waals surface area contributed by atoms with E-state index in [2.05, 4.69) is 5.32 Å². The van der Waals surface area contributed by atoms with E-state index >= 15 is 0 Å². The summed E-state index contributed by atoms with van der Waals surface area (Å²) >= 11 is 0. The molecule has 1 rings (SSSR count). The molecule has 0 fully saturated rings. The Bertz CT molecular complexity index is 485. The first-order chi connectivity index (χ1) is 8.45. The molecule has 1 unspecified atom stereocenters. The number of urea groups is 1. The Balaban J connectivity index is 2.73. The van der Waals surface area contributed by atoms with Crippen LogP contribution < -0.4 is 5.32 Å². The third-order valence-corrected chi connectivity index (χ3v) is 2.54. The van der Waals surface area contributed by atoms with Gasteiger partial charge in [0, 0.05) is 19.2 Å². The van der Waals surface area contributed by atoms with E-state index in [1.54, 1.807) is 6.92 Å². The van der Waals surface area contributed by atoms with E-state index in [1.165, 1.54) is 11.9 Å². The molecule has 96 valence electrons. The van der Waals surface area contributed by atoms with Gasteiger partial charge in [-0.05, 0) is 19.1 Å². The number of benzene rings is 1. The summed E-state index contributed by atoms with van der Waals surface area (Å²) in [5.74, 6) is -1.55. The van der Waals surface area contributed by atoms with Gasteiger partial charge in [-0.3, -0.25) is 0 Å². The Hall–Kier alpha value is -2.16. The Morgan fingerprint density at radius 2 is 2.22 bits per heavy atom. The number of rotatable bonds is 3. The van der Waals surface area contributed by atoms with Crippen LogP contribution in [0, 0.1) is 23.0 Å². The lowest BCUT2D eigenvalue weighted by atomic mass is 10.2. The van der Waals surface area contributed by atoms with Crippen LogP contribution in [-0.4, -0.2) is 24.0 Å². The second-order valence-corrected chi connectivity index (χ2v) is 3.88. The number of carbonyl (C=O) groups is 1. The van der Waals surface area contributed by atoms with Gasteiger partial charge in [-0.25, -0.2) is 13.6 Å². The number of carbonyl (C=O) groups excluding carboxylic acids is 1. The van der Waals surface area contributed by atoms with Crippen molar-refractivity contribution in [2.75, 3.05) is 12.4 Å². The molecule has 0 spiro atoms. The second kappa shape index (κ2) is 5.96. The summed E-state index contributed by atoms with van der Waals surface area (Å²) in [7, 11) is 1.50. The Morgan fingerprint density at radius 1 is 1.56 bits per heavy atom. The van der Waals surface area contributed by atoms with Gasteiger partial charge in [-0.2, -0.15) is 5.26 Å². The van der Waals surface area contributed by atoms with Gasteiger partial charge in [-0.15, -0.1) is 0 Å². The number of amides is 2. The summed E-state index contributed by atoms with van der Waals surface area (Å²) in [5, 5.41) is 10.8. The first kappa shape index (κ1) is 13.9. The molecule has 1 aromatic rings. The zero-order chi connectivity index (χ0) is 13.7. The number of halogens is 2. The third kappa shape index (κ3) is 3.42. The molecule has 0 bridgehead atoms. The summed E-state index contributed by atoms with van der Waals surface area (Å²) in [6.07, 6.45) is 0.176. The number of hydrogen-bond donors (Lipinski definition) is 1. The fraction of sp³-hybridized carbons (Fsp3) is 0.333. The molecule has 18 heavy (non-hydrogen) atoms. The fourth-order valence-electron chi connectivity index (χ4n) is 1.26. The largest absolute Gasteiger partial charge is 0.324 e. The van der Waals surface area contributed by atoms with Crippen LogP contribution in [0.3, 0.4) is 0 Å². The Kier molecular flexibility index (Phi) is 4.60. The summed E-state index contributed by atoms with van der Waals surface area (Å²) in [6.45, 7) is 1.70. The second-order valence-electron chi connectivity index (χ2n) is 3.88. The molecular weight excluding hydrogens is 240 g/mol. The maximum absolute atomic E-state index is 13.3. The van der Waals surface area contributed by atoms with E-state index in [9.17, 15) is 13.6 Å². The Labute approximate surface area is 104 Å². The number of hydrogen-bond acceptors (Lipinski definition) is 2. The molecule has 0 aromatic heterocycles. The molecule has 0 aliphatic rings. The van der Waals surface area contributed by atoms with Crippen molar-refractivity contribution in [3.05, 3.63) is 29.8 Å². The lowest BCUT2D eigenvalue weighted by Gasteiger charge is -2.23. The van der Waals surface area contributed by atoms with E-state index in [-0.39, 0.29) is 18.2 Å². The lowest BCUT2D eigenvalue weighted by molar-refractivity contribution is 0.208. The van der Waals surface area contributed by atoms with E-state index in [1.807, 2.05) is 6.07 Å². The van der Waals surface area contributed by atoms with Gasteiger partial charge < -0.3 is 10.2 Å². The van der Waals surface area contributed by atoms with Crippen LogP contribution in [0.4, 0.5) is 19.3 Å². The fourth-order valence-corrected chi connectivity index (χ4v) is 1.26. The minimum Gasteiger partial charge on any atom is -0.324 e. The number of nitriles is 1. The van der Waals surface area contributed by atoms with Crippen LogP contribution >= 0.6 is 0 Å². The zero-order valence-corrected chi connectivity index (χ0v) is 10.1. The predicted octanol–water partition coefficient (Wildman–Crippen LogP) is 2.73. The zero-order valence-electron chi connectivity index (χ0n) is 10.1. The molecule has 6 heteroatoms. The highest BCUT2D eigenvalue weighted by molar-refractivity contribution is 5.89. The molecule has 2 amide bonds. The number of nitrogens with one attached hydrogen (secondary N) is 1. The number of nitrogens with zero attached hydrogens (tertiary/aromatic N) is 2. The minimum absolute atomic E-state index is 0.0996. The van der Waals surface area contributed by atoms with E-state index in [4.69, 9.17) is 5.26 Å². The van der Waals surface area contributed by atoms with Crippen molar-refractivity contribution < 1.29 is 13.6 Å². The quantitative estimate of drug-likeness (QED) is 0.900. The predicted molar refractivity (Wildman–Crippen MR) is 62.8 cm³/mol. The normalized spacial score (nSPS) is 11.5. The van der Waals surface area contributed by atoms with Gasteiger partial charge in [0.1, 0.15) is 11.6 Å². The van der Waals surface area contributed by atoms with Gasteiger partial charge in [0.15, 0.2) is 0 Å². The van der Waals surface area contributed by atoms with Crippen molar-refractivity contribution in [1.82, 2.24) is 4.90 Å². The summed E-state index contributed by atoms with van der Waals surface area (Å²) in [6, 6.07) is 3.98. The SMILES string of the molecule is CC(CC#N)N(C)C(=O)Nc1ccc(F)cc1F. The summed E-state index contributed by atoms with van der Waals surface area (Å²) < 4.78 is 26.0. The molecule has 0 aliphatic carbocycles. The average Bonchev–Trinajstić information content (AvgIpc) is 2.32. The van der Waals surface area contributed by atoms with Gasteiger partial charge in [-0.1, -0.05) is 0 Å². The highest BCUT2D eigenvalue weighted by Gasteiger charge is 2.16. The molecule has 1 aromatic carbocycles. The maximum atomic E-state index is 13.3. The van der Waals surface area contributed by atoms with Crippen LogP contribution in [0.1, 0.15) is 13.3 Å². The average molecular weight is 253 g/mol. The lowest BCUT2D eigenvalue weighted by Crippen LogP contribution is -2.38. The van der Waals surface area contributed by atoms with Crippen molar-refractivity contribution in [2.45, 2.75) is 19.4 Å². The highest BCUT2D eigenvalue weighted by Crippen LogP contribution is 2.15. The van der Waals surface area contributed by atoms with Gasteiger partial charge >= 0.3 is 6.03 Å². The maximum Gasteiger partial charge on any atom is 0.321 e. The molecule has 1 N–H and O–H groups in total. The van der Waals surface area contributed by atoms with Crippen LogP contribution in [-0.2, 0) is 0 Å². The molecule has 0 saturated carbocycles. The van der Waals surface area contributed by atoms with E-state index in [0.717, 1.165) is 12.1 Å². The van der Waals surface area contributed by atoms with Crippen molar-refractivity contribution in [3.8, 4) is 6.07 Å². The summed E-state index contributed by atoms with van der Waals surface area (Å²) in [5.41, 5.74) is -0.0996. The number of anilines is 1. The molecule has 0 aliphatic heterocycles. The van der Waals surface area contributed by atoms with Crippen LogP contribution in [0.25, 0.3) is 0 Å². The van der Waals surface area contributed by atoms with Gasteiger partial charge in [0.05, 0.1) is 18.2 Å². The van der Waals surface area contributed by atoms with Gasteiger partial charge in [0.25, 0.3) is 0 Å². The van der Waals surface area contributed by atoms with Crippen LogP contribution in [0.5, 0.6) is 0 Å². The van der Waals surface area contributed by atoms with Gasteiger partial charge in [0.2, 0.25) is 0 Å². The molecule has 0 heterocycles. The summed E-state index contributed by atoms with van der Waals surface area (Å²) in [4.78, 5) is 13.0. The molecule has 0 saturated heterocycles. The van der Waals surface area contributed by atoms with E-state index < -0.39 is 17.7 Å². The van der Waals surface area contributed by atoms with Crippen molar-refractivity contribution in [3.63, 3.8) is 0 Å². The first-order valence-corrected chi connectivity index (χ1v) is 5.31. The van der Waals surface area contributed by atoms with Crippen molar-refractivity contribution in [2.24, 2.45) is 0 Å². The van der Waals surface area contributed by atoms with E-state index in [0.29, 0.717) is 6.07 Å². The van der Waals surface area contributed by atoms with Crippen LogP contribution in [0.2, 0.25) is 0 Å². The molecule has 0 radical (unpaired) electrons. The molecular formula is C12H13F2N3O. The third-order valence-electron chi connectivity index (χ3n) is 2.54. The van der Waals surface area contributed by atoms with Crippen molar-refractivity contribution in [1.29, 1.82) is 5.26 Å². The van der Waals surface area contributed by atoms with Crippen molar-refractivity contribution >= 4 is 11.7 Å².